The largest absolute Gasteiger partial charge is 0.147 e. The van der Waals surface area contributed by atoms with E-state index in [4.69, 9.17) is 3.32 Å². The first-order chi connectivity index (χ1) is 10.0. The molecule has 0 saturated heterocycles. The average molecular weight is 431 g/mol. The van der Waals surface area contributed by atoms with Crippen molar-refractivity contribution < 1.29 is 24.7 Å². The van der Waals surface area contributed by atoms with Crippen LogP contribution in [0.5, 0.6) is 5.75 Å². The second-order valence-electron chi connectivity index (χ2n) is 7.60. The molecule has 0 heterocycles. The maximum Gasteiger partial charge on any atom is -0.147 e. The van der Waals surface area contributed by atoms with Crippen molar-refractivity contribution in [2.75, 3.05) is 0 Å². The summed E-state index contributed by atoms with van der Waals surface area (Å²) < 4.78 is 21.2. The molecule has 24 heavy (non-hydrogen) atoms. The number of hydrogen-bond acceptors (Lipinski definition) is 1. The first kappa shape index (κ1) is 26.6. The van der Waals surface area contributed by atoms with Crippen LogP contribution in [0.3, 0.4) is 0 Å². The molecule has 0 fully saturated rings. The average Bonchev–Trinajstić information content (AvgIpc) is 2.37. The van der Waals surface area contributed by atoms with Crippen molar-refractivity contribution in [3.63, 3.8) is 0 Å². The van der Waals surface area contributed by atoms with Gasteiger partial charge in [0.1, 0.15) is 0 Å². The molecule has 0 radical (unpaired) electrons. The van der Waals surface area contributed by atoms with Gasteiger partial charge in [0.15, 0.2) is 0 Å². The number of hydrogen-bond donors (Lipinski definition) is 0. The summed E-state index contributed by atoms with van der Waals surface area (Å²) in [6.07, 6.45) is 1.59. The van der Waals surface area contributed by atoms with Crippen LogP contribution >= 0.6 is 24.8 Å². The predicted molar refractivity (Wildman–Crippen MR) is 110 cm³/mol. The summed E-state index contributed by atoms with van der Waals surface area (Å²) >= 11 is -3.04. The van der Waals surface area contributed by atoms with Gasteiger partial charge in [-0.25, -0.2) is 0 Å². The van der Waals surface area contributed by atoms with Crippen LogP contribution in [0, 0.1) is 6.92 Å². The summed E-state index contributed by atoms with van der Waals surface area (Å²) in [7, 11) is -1.63. The monoisotopic (exact) mass is 430 g/mol. The molecule has 0 unspecified atom stereocenters. The van der Waals surface area contributed by atoms with Crippen LogP contribution in [0.2, 0.25) is 18.1 Å². The Balaban J connectivity index is 0. The Kier molecular flexibility index (Phi) is 11.6. The molecule has 0 aliphatic rings. The second kappa shape index (κ2) is 10.5. The number of rotatable bonds is 5. The zero-order valence-corrected chi connectivity index (χ0v) is 20.4. The topological polar surface area (TPSA) is 9.23 Å². The molecule has 0 atom stereocenters. The minimum Gasteiger partial charge on any atom is -0.147 e. The summed E-state index contributed by atoms with van der Waals surface area (Å²) in [5.41, 5.74) is 1.16. The van der Waals surface area contributed by atoms with Crippen molar-refractivity contribution in [1.82, 2.24) is 0 Å². The van der Waals surface area contributed by atoms with Crippen molar-refractivity contribution in [1.29, 1.82) is 0 Å². The van der Waals surface area contributed by atoms with E-state index in [1.165, 1.54) is 5.19 Å². The van der Waals surface area contributed by atoms with Gasteiger partial charge in [0.2, 0.25) is 0 Å². The minimum atomic E-state index is -3.04. The van der Waals surface area contributed by atoms with E-state index >= 15 is 0 Å². The van der Waals surface area contributed by atoms with Gasteiger partial charge in [0.05, 0.1) is 0 Å². The quantitative estimate of drug-likeness (QED) is 0.494. The molecule has 140 valence electrons. The molecule has 1 rings (SSSR count). The van der Waals surface area contributed by atoms with Crippen LogP contribution in [0.15, 0.2) is 18.2 Å². The van der Waals surface area contributed by atoms with E-state index in [1.807, 2.05) is 19.9 Å². The van der Waals surface area contributed by atoms with Gasteiger partial charge in [0.25, 0.3) is 0 Å². The summed E-state index contributed by atoms with van der Waals surface area (Å²) in [4.78, 5) is 0. The Morgan fingerprint density at radius 2 is 1.58 bits per heavy atom. The smallest absolute Gasteiger partial charge is 0.147 e. The van der Waals surface area contributed by atoms with Gasteiger partial charge in [-0.2, -0.15) is 0 Å². The van der Waals surface area contributed by atoms with Gasteiger partial charge in [-0.15, -0.1) is 24.8 Å². The Labute approximate surface area is 168 Å². The first-order valence-electron chi connectivity index (χ1n) is 8.20. The van der Waals surface area contributed by atoms with Crippen LogP contribution in [0.25, 0.3) is 0 Å². The summed E-state index contributed by atoms with van der Waals surface area (Å²) in [6, 6.07) is 6.33. The van der Waals surface area contributed by atoms with Crippen LogP contribution in [-0.2, 0) is 18.3 Å². The fourth-order valence-corrected chi connectivity index (χ4v) is 5.86. The van der Waals surface area contributed by atoms with Crippen molar-refractivity contribution in [2.45, 2.75) is 72.5 Å². The van der Waals surface area contributed by atoms with E-state index in [0.717, 1.165) is 28.0 Å². The Hall–Kier alpha value is 0.331. The Morgan fingerprint density at radius 3 is 2.00 bits per heavy atom. The van der Waals surface area contributed by atoms with E-state index in [1.54, 1.807) is 0 Å². The Morgan fingerprint density at radius 1 is 1.08 bits per heavy atom. The Bertz CT molecular complexity index is 563. The van der Waals surface area contributed by atoms with Crippen LogP contribution in [0.1, 0.15) is 53.0 Å². The van der Waals surface area contributed by atoms with Crippen LogP contribution < -0.4 is 8.51 Å². The molecule has 0 saturated carbocycles. The number of aryl methyl sites for hydroxylation is 1. The third-order valence-electron chi connectivity index (χ3n) is 4.99. The van der Waals surface area contributed by atoms with Gasteiger partial charge >= 0.3 is 144 Å². The van der Waals surface area contributed by atoms with Crippen LogP contribution in [0.4, 0.5) is 3.09 Å². The maximum absolute atomic E-state index is 14.5. The molecule has 1 nitrogen and oxygen atoms in total. The molecule has 0 aliphatic carbocycles. The molecule has 6 heteroatoms. The van der Waals surface area contributed by atoms with Crippen molar-refractivity contribution in [3.05, 3.63) is 23.8 Å². The maximum atomic E-state index is 14.5. The van der Waals surface area contributed by atoms with Gasteiger partial charge in [-0.1, -0.05) is 0 Å². The molecule has 0 N–H and O–H groups in total. The molecule has 0 aliphatic heterocycles. The van der Waals surface area contributed by atoms with E-state index in [9.17, 15) is 3.09 Å². The molecule has 0 spiro atoms. The molecule has 0 aromatic heterocycles. The molecule has 1 aromatic carbocycles. The zero-order valence-electron chi connectivity index (χ0n) is 16.2. The van der Waals surface area contributed by atoms with Gasteiger partial charge in [-0.3, -0.25) is 0 Å². The molecule has 1 aromatic rings. The number of benzene rings is 1. The summed E-state index contributed by atoms with van der Waals surface area (Å²) in [5.74, 6) is 0.733. The van der Waals surface area contributed by atoms with Crippen molar-refractivity contribution >= 4 is 41.9 Å². The van der Waals surface area contributed by atoms with Crippen molar-refractivity contribution in [2.24, 2.45) is 0 Å². The van der Waals surface area contributed by atoms with E-state index in [2.05, 4.69) is 52.9 Å². The van der Waals surface area contributed by atoms with Gasteiger partial charge < -0.3 is 0 Å². The third kappa shape index (κ3) is 6.57. The van der Waals surface area contributed by atoms with Crippen LogP contribution in [-0.4, -0.2) is 11.9 Å². The molecular weight excluding hydrogens is 398 g/mol. The second-order valence-corrected chi connectivity index (χ2v) is 15.2. The normalized spacial score (nSPS) is 11.2. The van der Waals surface area contributed by atoms with E-state index in [-0.39, 0.29) is 29.9 Å². The SMILES string of the molecule is CC[C](CC)=[Ti]([F])[O]c1cc(C)cc([Si](C)(C)C(C)(C)C)c1.Cl.Cl. The standard InChI is InChI=1S/C13H22OSi.C5H10.2ClH.FH.Ti/c1-10-7-11(14)9-12(8-10)15(5,6)13(2,3)4;1-3-5-4-2;;;;/h7-9,14H,1-6H3;3-4H2,1-2H3;3*1H;/q;;;;;+2/p-2. The predicted octanol–water partition coefficient (Wildman–Crippen LogP) is 6.34. The minimum absolute atomic E-state index is 0. The first-order valence-corrected chi connectivity index (χ1v) is 13.2. The van der Waals surface area contributed by atoms with Gasteiger partial charge in [0, 0.05) is 0 Å². The molecule has 0 amide bonds. The fourth-order valence-electron chi connectivity index (χ4n) is 2.30. The van der Waals surface area contributed by atoms with E-state index in [0.29, 0.717) is 0 Å². The fraction of sp³-hybridized carbons (Fsp3) is 0.611. The van der Waals surface area contributed by atoms with E-state index < -0.39 is 26.4 Å². The third-order valence-corrected chi connectivity index (χ3v) is 13.1. The number of halogens is 3. The van der Waals surface area contributed by atoms with Gasteiger partial charge in [-0.05, 0) is 0 Å². The summed E-state index contributed by atoms with van der Waals surface area (Å²) in [5, 5.41) is 1.62. The van der Waals surface area contributed by atoms with Crippen molar-refractivity contribution in [3.8, 4) is 5.75 Å². The zero-order chi connectivity index (χ0) is 17.1. The molecule has 0 bridgehead atoms. The summed E-state index contributed by atoms with van der Waals surface area (Å²) in [6.45, 7) is 17.8. The molecular formula is C18H33Cl2FOSiTi.